The van der Waals surface area contributed by atoms with Crippen molar-refractivity contribution in [2.45, 2.75) is 0 Å². The van der Waals surface area contributed by atoms with Gasteiger partial charge in [-0.3, -0.25) is 0 Å². The van der Waals surface area contributed by atoms with E-state index < -0.39 is 18.6 Å². The minimum atomic E-state index is -4.08. The molecule has 0 aromatic heterocycles. The minimum Gasteiger partial charge on any atom is 2.00 e. The SMILES string of the molecule is [O]=[Ti]([O-])[O-].[Ra+2]. The van der Waals surface area contributed by atoms with Crippen molar-refractivity contribution in [2.24, 2.45) is 0 Å². The van der Waals surface area contributed by atoms with Crippen molar-refractivity contribution in [3.8, 4) is 0 Å². The summed E-state index contributed by atoms with van der Waals surface area (Å²) in [7, 11) is 0. The van der Waals surface area contributed by atoms with E-state index in [1.165, 1.54) is 0 Å². The van der Waals surface area contributed by atoms with Crippen LogP contribution in [0.5, 0.6) is 0 Å². The maximum atomic E-state index is 8.58. The van der Waals surface area contributed by atoms with Gasteiger partial charge in [0.2, 0.25) is 0 Å². The summed E-state index contributed by atoms with van der Waals surface area (Å²) in [5.74, 6) is 0. The molecular formula is O3RaTi. The van der Waals surface area contributed by atoms with E-state index in [2.05, 4.69) is 0 Å². The average molecular weight is 322 g/mol. The first kappa shape index (κ1) is 10.0. The first-order valence-electron chi connectivity index (χ1n) is 0.612. The summed E-state index contributed by atoms with van der Waals surface area (Å²) in [6.07, 6.45) is 0. The van der Waals surface area contributed by atoms with Gasteiger partial charge in [0.15, 0.2) is 0 Å². The zero-order valence-corrected chi connectivity index (χ0v) is 9.81. The third kappa shape index (κ3) is 24.8. The molecule has 0 radical (unpaired) electrons. The van der Waals surface area contributed by atoms with Crippen LogP contribution in [0.25, 0.3) is 0 Å². The van der Waals surface area contributed by atoms with Gasteiger partial charge >= 0.3 is 74.3 Å². The Morgan fingerprint density at radius 2 is 1.40 bits per heavy atom. The second-order valence-electron chi connectivity index (χ2n) is 0.250. The molecule has 5 heavy (non-hydrogen) atoms. The molecule has 0 aromatic carbocycles. The van der Waals surface area contributed by atoms with Gasteiger partial charge in [-0.15, -0.1) is 0 Å². The van der Waals surface area contributed by atoms with E-state index in [0.717, 1.165) is 0 Å². The Hall–Kier alpha value is 1.90. The zero-order valence-electron chi connectivity index (χ0n) is 2.43. The van der Waals surface area contributed by atoms with Crippen LogP contribution in [0, 0.1) is 45.0 Å². The summed E-state index contributed by atoms with van der Waals surface area (Å²) in [5.41, 5.74) is 0. The molecule has 0 aromatic rings. The van der Waals surface area contributed by atoms with Crippen molar-refractivity contribution in [1.82, 2.24) is 0 Å². The first-order valence-corrected chi connectivity index (χ1v) is 2.52. The van der Waals surface area contributed by atoms with Gasteiger partial charge in [-0.05, 0) is 0 Å². The van der Waals surface area contributed by atoms with E-state index in [-0.39, 0.29) is 45.0 Å². The fourth-order valence-electron chi connectivity index (χ4n) is 0. The molecule has 0 N–H and O–H groups in total. The van der Waals surface area contributed by atoms with Gasteiger partial charge < -0.3 is 0 Å². The molecule has 0 aliphatic heterocycles. The van der Waals surface area contributed by atoms with Crippen LogP contribution in [0.3, 0.4) is 0 Å². The van der Waals surface area contributed by atoms with Crippen molar-refractivity contribution in [1.29, 1.82) is 0 Å². The fraction of sp³-hybridized carbons (Fsp3) is 0. The predicted molar refractivity (Wildman–Crippen MR) is 0.686 cm³/mol. The van der Waals surface area contributed by atoms with Crippen LogP contribution in [-0.2, 0) is 21.9 Å². The molecule has 24 valence electrons. The van der Waals surface area contributed by atoms with E-state index in [4.69, 9.17) is 10.7 Å². The maximum absolute atomic E-state index is 8.58. The van der Waals surface area contributed by atoms with E-state index in [1.54, 1.807) is 0 Å². The van der Waals surface area contributed by atoms with E-state index in [1.807, 2.05) is 0 Å². The minimum absolute atomic E-state index is 0. The van der Waals surface area contributed by atoms with Crippen molar-refractivity contribution in [3.63, 3.8) is 0 Å². The Morgan fingerprint density at radius 1 is 1.40 bits per heavy atom. The molecule has 3 nitrogen and oxygen atoms in total. The smallest absolute Gasteiger partial charge is 2.00 e. The normalized spacial score (nSPS) is 5.20. The third-order valence-electron chi connectivity index (χ3n) is 0. The van der Waals surface area contributed by atoms with E-state index in [9.17, 15) is 0 Å². The molecule has 0 saturated heterocycles. The predicted octanol–water partition coefficient (Wildman–Crippen LogP) is -2.50. The van der Waals surface area contributed by atoms with Crippen LogP contribution in [0.1, 0.15) is 0 Å². The molecule has 0 heterocycles. The van der Waals surface area contributed by atoms with Crippen LogP contribution in [0.4, 0.5) is 0 Å². The molecule has 0 fully saturated rings. The average Bonchev–Trinajstić information content (AvgIpc) is 0.811. The second-order valence-corrected chi connectivity index (χ2v) is 1.03. The standard InChI is InChI=1S/3O.Ra.Ti/q;2*-1;+2;. The van der Waals surface area contributed by atoms with Gasteiger partial charge in [-0.1, -0.05) is 0 Å². The van der Waals surface area contributed by atoms with Crippen LogP contribution in [0.2, 0.25) is 0 Å². The summed E-state index contributed by atoms with van der Waals surface area (Å²) in [6, 6.07) is 0. The Kier molecular flexibility index (Phi) is 11.8. The van der Waals surface area contributed by atoms with E-state index >= 15 is 0 Å². The summed E-state index contributed by atoms with van der Waals surface area (Å²) in [4.78, 5) is 0. The van der Waals surface area contributed by atoms with Gasteiger partial charge in [-0.25, -0.2) is 0 Å². The molecule has 0 saturated carbocycles. The first-order chi connectivity index (χ1) is 1.73. The topological polar surface area (TPSA) is 63.2 Å². The number of hydrogen-bond acceptors (Lipinski definition) is 3. The Labute approximate surface area is 72.9 Å². The Morgan fingerprint density at radius 3 is 1.40 bits per heavy atom. The van der Waals surface area contributed by atoms with Gasteiger partial charge in [0, 0.05) is 0 Å². The third-order valence-corrected chi connectivity index (χ3v) is 0. The molecule has 0 unspecified atom stereocenters. The van der Waals surface area contributed by atoms with Gasteiger partial charge in [0.25, 0.3) is 0 Å². The zero-order chi connectivity index (χ0) is 3.58. The van der Waals surface area contributed by atoms with Crippen LogP contribution < -0.4 is 7.38 Å². The van der Waals surface area contributed by atoms with Crippen LogP contribution in [0.15, 0.2) is 0 Å². The van der Waals surface area contributed by atoms with Gasteiger partial charge in [0.1, 0.15) is 0 Å². The largest absolute Gasteiger partial charge is 2.00 e. The van der Waals surface area contributed by atoms with Crippen molar-refractivity contribution in [3.05, 3.63) is 0 Å². The quantitative estimate of drug-likeness (QED) is 0.463. The molecule has 5 heteroatoms. The van der Waals surface area contributed by atoms with Crippen molar-refractivity contribution < 1.29 is 74.3 Å². The molecule has 0 aliphatic carbocycles. The molecule has 0 rings (SSSR count). The molecule has 0 atom stereocenters. The summed E-state index contributed by atoms with van der Waals surface area (Å²) < 4.78 is 25.8. The second kappa shape index (κ2) is 5.90. The summed E-state index contributed by atoms with van der Waals surface area (Å²) >= 11 is -4.08. The number of rotatable bonds is 0. The molecule has 0 bridgehead atoms. The maximum Gasteiger partial charge on any atom is 2.00 e. The summed E-state index contributed by atoms with van der Waals surface area (Å²) in [6.45, 7) is 0. The van der Waals surface area contributed by atoms with E-state index in [0.29, 0.717) is 0 Å². The molecule has 0 spiro atoms. The summed E-state index contributed by atoms with van der Waals surface area (Å²) in [5, 5.41) is 0. The number of hydrogen-bond donors (Lipinski definition) is 0. The monoisotopic (exact) mass is 322 g/mol. The van der Waals surface area contributed by atoms with Crippen LogP contribution >= 0.6 is 0 Å². The van der Waals surface area contributed by atoms with Gasteiger partial charge in [-0.2, -0.15) is 0 Å². The fourth-order valence-corrected chi connectivity index (χ4v) is 0. The Balaban J connectivity index is 0. The van der Waals surface area contributed by atoms with Crippen molar-refractivity contribution >= 4 is 0 Å². The molecule has 0 aliphatic rings. The molecule has 0 amide bonds. The van der Waals surface area contributed by atoms with Crippen molar-refractivity contribution in [2.75, 3.05) is 0 Å². The Bertz CT molecular complexity index is 29.9. The van der Waals surface area contributed by atoms with Gasteiger partial charge in [0.05, 0.1) is 0 Å². The molecular weight excluding hydrogens is 322 g/mol. The van der Waals surface area contributed by atoms with Crippen LogP contribution in [-0.4, -0.2) is 0 Å².